The van der Waals surface area contributed by atoms with Gasteiger partial charge in [0.15, 0.2) is 0 Å². The number of ether oxygens (including phenoxy) is 1. The molecule has 1 aromatic heterocycles. The fourth-order valence-electron chi connectivity index (χ4n) is 2.81. The first-order valence-corrected chi connectivity index (χ1v) is 7.00. The molecule has 1 unspecified atom stereocenters. The normalized spacial score (nSPS) is 23.9. The Hall–Kier alpha value is -1.83. The average molecular weight is 281 g/mol. The lowest BCUT2D eigenvalue weighted by molar-refractivity contribution is 0.0407. The Balaban J connectivity index is 1.65. The van der Waals surface area contributed by atoms with Gasteiger partial charge in [0.1, 0.15) is 5.82 Å². The third-order valence-corrected chi connectivity index (χ3v) is 3.88. The lowest BCUT2D eigenvalue weighted by Gasteiger charge is -2.37. The number of hydrogen-bond donors (Lipinski definition) is 2. The van der Waals surface area contributed by atoms with Crippen molar-refractivity contribution in [3.63, 3.8) is 0 Å². The molecule has 20 heavy (non-hydrogen) atoms. The van der Waals surface area contributed by atoms with Crippen LogP contribution in [0.3, 0.4) is 0 Å². The van der Waals surface area contributed by atoms with Crippen LogP contribution in [0.5, 0.6) is 0 Å². The van der Waals surface area contributed by atoms with Gasteiger partial charge in [0, 0.05) is 32.1 Å². The summed E-state index contributed by atoms with van der Waals surface area (Å²) in [6, 6.07) is 0.0656. The van der Waals surface area contributed by atoms with Gasteiger partial charge in [-0.1, -0.05) is 0 Å². The van der Waals surface area contributed by atoms with Crippen LogP contribution >= 0.6 is 0 Å². The zero-order valence-electron chi connectivity index (χ0n) is 11.3. The summed E-state index contributed by atoms with van der Waals surface area (Å²) in [6.45, 7) is 3.89. The molecular formula is C12H19N5O3. The van der Waals surface area contributed by atoms with Gasteiger partial charge in [0.25, 0.3) is 0 Å². The van der Waals surface area contributed by atoms with Crippen LogP contribution in [0.4, 0.5) is 4.79 Å². The van der Waals surface area contributed by atoms with Crippen molar-refractivity contribution in [3.05, 3.63) is 16.3 Å². The SMILES string of the molecule is O=C(N1CCOCC1)N1CCCC(c2n[nH]c(=O)[nH]2)C1. The topological polar surface area (TPSA) is 94.3 Å². The molecule has 3 heterocycles. The first kappa shape index (κ1) is 13.2. The summed E-state index contributed by atoms with van der Waals surface area (Å²) in [5, 5.41) is 6.36. The molecule has 3 rings (SSSR count). The number of aromatic amines is 2. The van der Waals surface area contributed by atoms with Crippen LogP contribution in [0.1, 0.15) is 24.6 Å². The molecule has 2 aliphatic rings. The number of aromatic nitrogens is 3. The number of H-pyrrole nitrogens is 2. The predicted molar refractivity (Wildman–Crippen MR) is 70.5 cm³/mol. The minimum atomic E-state index is -0.295. The van der Waals surface area contributed by atoms with E-state index in [9.17, 15) is 9.59 Å². The van der Waals surface area contributed by atoms with Crippen molar-refractivity contribution in [3.8, 4) is 0 Å². The minimum absolute atomic E-state index is 0.0656. The van der Waals surface area contributed by atoms with Crippen molar-refractivity contribution in [2.45, 2.75) is 18.8 Å². The van der Waals surface area contributed by atoms with Crippen LogP contribution in [0.15, 0.2) is 4.79 Å². The van der Waals surface area contributed by atoms with Crippen molar-refractivity contribution < 1.29 is 9.53 Å². The van der Waals surface area contributed by atoms with E-state index >= 15 is 0 Å². The highest BCUT2D eigenvalue weighted by atomic mass is 16.5. The smallest absolute Gasteiger partial charge is 0.340 e. The number of rotatable bonds is 1. The molecule has 2 fully saturated rings. The van der Waals surface area contributed by atoms with E-state index in [2.05, 4.69) is 15.2 Å². The van der Waals surface area contributed by atoms with Crippen molar-refractivity contribution in [1.82, 2.24) is 25.0 Å². The molecule has 0 saturated carbocycles. The molecule has 2 N–H and O–H groups in total. The van der Waals surface area contributed by atoms with E-state index in [0.717, 1.165) is 19.4 Å². The predicted octanol–water partition coefficient (Wildman–Crippen LogP) is -0.270. The van der Waals surface area contributed by atoms with E-state index < -0.39 is 0 Å². The van der Waals surface area contributed by atoms with Gasteiger partial charge in [-0.05, 0) is 12.8 Å². The lowest BCUT2D eigenvalue weighted by atomic mass is 9.97. The zero-order valence-corrected chi connectivity index (χ0v) is 11.3. The highest BCUT2D eigenvalue weighted by Crippen LogP contribution is 2.24. The number of urea groups is 1. The van der Waals surface area contributed by atoms with Gasteiger partial charge in [-0.2, -0.15) is 5.10 Å². The average Bonchev–Trinajstić information content (AvgIpc) is 2.94. The van der Waals surface area contributed by atoms with Crippen LogP contribution in [0.25, 0.3) is 0 Å². The van der Waals surface area contributed by atoms with Crippen LogP contribution in [0, 0.1) is 0 Å². The van der Waals surface area contributed by atoms with E-state index in [0.29, 0.717) is 38.7 Å². The summed E-state index contributed by atoms with van der Waals surface area (Å²) in [7, 11) is 0. The highest BCUT2D eigenvalue weighted by molar-refractivity contribution is 5.74. The van der Waals surface area contributed by atoms with Crippen LogP contribution in [-0.4, -0.2) is 70.4 Å². The Bertz CT molecular complexity index is 519. The standard InChI is InChI=1S/C12H19N5O3/c18-11-13-10(14-15-11)9-2-1-3-17(8-9)12(19)16-4-6-20-7-5-16/h9H,1-8H2,(H2,13,14,15,18). The van der Waals surface area contributed by atoms with E-state index in [1.807, 2.05) is 9.80 Å². The van der Waals surface area contributed by atoms with E-state index in [-0.39, 0.29) is 17.6 Å². The van der Waals surface area contributed by atoms with Gasteiger partial charge >= 0.3 is 11.7 Å². The summed E-state index contributed by atoms with van der Waals surface area (Å²) in [5.74, 6) is 0.752. The maximum absolute atomic E-state index is 12.4. The van der Waals surface area contributed by atoms with Gasteiger partial charge in [0.2, 0.25) is 0 Å². The molecule has 0 bridgehead atoms. The second-order valence-electron chi connectivity index (χ2n) is 5.23. The Morgan fingerprint density at radius 2 is 2.05 bits per heavy atom. The molecule has 0 radical (unpaired) electrons. The quantitative estimate of drug-likeness (QED) is 0.741. The number of nitrogens with one attached hydrogen (secondary N) is 2. The molecule has 8 nitrogen and oxygen atoms in total. The van der Waals surface area contributed by atoms with Crippen molar-refractivity contribution >= 4 is 6.03 Å². The highest BCUT2D eigenvalue weighted by Gasteiger charge is 2.29. The summed E-state index contributed by atoms with van der Waals surface area (Å²) < 4.78 is 5.26. The van der Waals surface area contributed by atoms with Crippen LogP contribution in [-0.2, 0) is 4.74 Å². The zero-order chi connectivity index (χ0) is 13.9. The fourth-order valence-corrected chi connectivity index (χ4v) is 2.81. The molecule has 8 heteroatoms. The van der Waals surface area contributed by atoms with Crippen LogP contribution < -0.4 is 5.69 Å². The second kappa shape index (κ2) is 5.66. The first-order valence-electron chi connectivity index (χ1n) is 7.00. The molecule has 2 aliphatic heterocycles. The third kappa shape index (κ3) is 2.69. The van der Waals surface area contributed by atoms with E-state index in [1.165, 1.54) is 0 Å². The molecule has 2 saturated heterocycles. The molecule has 0 aromatic carbocycles. The monoisotopic (exact) mass is 281 g/mol. The second-order valence-corrected chi connectivity index (χ2v) is 5.23. The molecule has 0 aliphatic carbocycles. The Morgan fingerprint density at radius 3 is 2.75 bits per heavy atom. The Labute approximate surface area is 116 Å². The fraction of sp³-hybridized carbons (Fsp3) is 0.750. The summed E-state index contributed by atoms with van der Waals surface area (Å²) in [6.07, 6.45) is 1.86. The molecule has 2 amide bonds. The summed E-state index contributed by atoms with van der Waals surface area (Å²) >= 11 is 0. The minimum Gasteiger partial charge on any atom is -0.378 e. The maximum atomic E-state index is 12.4. The van der Waals surface area contributed by atoms with Crippen molar-refractivity contribution in [2.24, 2.45) is 0 Å². The molecule has 0 spiro atoms. The summed E-state index contributed by atoms with van der Waals surface area (Å²) in [5.41, 5.74) is -0.295. The number of nitrogens with zero attached hydrogens (tertiary/aromatic N) is 3. The Kier molecular flexibility index (Phi) is 3.72. The third-order valence-electron chi connectivity index (χ3n) is 3.88. The number of piperidine rings is 1. The van der Waals surface area contributed by atoms with Crippen molar-refractivity contribution in [1.29, 1.82) is 0 Å². The maximum Gasteiger partial charge on any atom is 0.340 e. The first-order chi connectivity index (χ1) is 9.74. The van der Waals surface area contributed by atoms with E-state index in [1.54, 1.807) is 0 Å². The molecule has 110 valence electrons. The van der Waals surface area contributed by atoms with Gasteiger partial charge < -0.3 is 14.5 Å². The van der Waals surface area contributed by atoms with Gasteiger partial charge in [-0.3, -0.25) is 4.98 Å². The Morgan fingerprint density at radius 1 is 1.25 bits per heavy atom. The number of amides is 2. The lowest BCUT2D eigenvalue weighted by Crippen LogP contribution is -2.50. The number of morpholine rings is 1. The van der Waals surface area contributed by atoms with Gasteiger partial charge in [-0.15, -0.1) is 0 Å². The molecule has 1 atom stereocenters. The summed E-state index contributed by atoms with van der Waals surface area (Å²) in [4.78, 5) is 29.9. The van der Waals surface area contributed by atoms with Crippen LogP contribution in [0.2, 0.25) is 0 Å². The largest absolute Gasteiger partial charge is 0.378 e. The number of likely N-dealkylation sites (tertiary alicyclic amines) is 1. The number of hydrogen-bond acceptors (Lipinski definition) is 4. The van der Waals surface area contributed by atoms with Crippen molar-refractivity contribution in [2.75, 3.05) is 39.4 Å². The van der Waals surface area contributed by atoms with Gasteiger partial charge in [0.05, 0.1) is 13.2 Å². The number of carbonyl (C=O) groups excluding carboxylic acids is 1. The van der Waals surface area contributed by atoms with E-state index in [4.69, 9.17) is 4.74 Å². The number of carbonyl (C=O) groups is 1. The molecule has 1 aromatic rings. The molecular weight excluding hydrogens is 262 g/mol. The van der Waals surface area contributed by atoms with Gasteiger partial charge in [-0.25, -0.2) is 14.7 Å².